The molecule has 0 saturated heterocycles. The Morgan fingerprint density at radius 3 is 2.30 bits per heavy atom. The molecule has 2 rings (SSSR count). The molecular formula is C16H20ClN3. The van der Waals surface area contributed by atoms with E-state index >= 15 is 0 Å². The Morgan fingerprint density at radius 1 is 1.05 bits per heavy atom. The van der Waals surface area contributed by atoms with Gasteiger partial charge in [0.2, 0.25) is 0 Å². The van der Waals surface area contributed by atoms with Crippen LogP contribution in [0.5, 0.6) is 0 Å². The summed E-state index contributed by atoms with van der Waals surface area (Å²) in [4.78, 5) is 2.25. The van der Waals surface area contributed by atoms with Crippen molar-refractivity contribution in [2.75, 3.05) is 4.90 Å². The van der Waals surface area contributed by atoms with E-state index in [4.69, 9.17) is 11.6 Å². The summed E-state index contributed by atoms with van der Waals surface area (Å²) in [6.45, 7) is 9.17. The third-order valence-corrected chi connectivity index (χ3v) is 3.89. The number of rotatable bonds is 4. The maximum Gasteiger partial charge on any atom is 0.155 e. The molecule has 4 heteroatoms. The summed E-state index contributed by atoms with van der Waals surface area (Å²) in [6, 6.07) is 10.7. The molecule has 3 nitrogen and oxygen atoms in total. The minimum Gasteiger partial charge on any atom is -0.348 e. The van der Waals surface area contributed by atoms with Crippen LogP contribution in [0.2, 0.25) is 5.15 Å². The van der Waals surface area contributed by atoms with Crippen molar-refractivity contribution in [2.45, 2.75) is 40.3 Å². The zero-order valence-electron chi connectivity index (χ0n) is 12.4. The highest BCUT2D eigenvalue weighted by atomic mass is 35.5. The van der Waals surface area contributed by atoms with Crippen molar-refractivity contribution in [1.29, 1.82) is 0 Å². The second-order valence-electron chi connectivity index (χ2n) is 5.27. The standard InChI is InChI=1S/C16H20ClN3/c1-11(2)20(10-14-8-6-5-7-9-14)16-13(4)12(3)15(17)18-19-16/h5-9,11H,10H2,1-4H3. The number of hydrogen-bond acceptors (Lipinski definition) is 3. The summed E-state index contributed by atoms with van der Waals surface area (Å²) in [5.41, 5.74) is 3.35. The SMILES string of the molecule is Cc1c(Cl)nnc(N(Cc2ccccc2)C(C)C)c1C. The lowest BCUT2D eigenvalue weighted by Gasteiger charge is -2.29. The highest BCUT2D eigenvalue weighted by Gasteiger charge is 2.18. The van der Waals surface area contributed by atoms with Crippen molar-refractivity contribution in [3.8, 4) is 0 Å². The van der Waals surface area contributed by atoms with Crippen LogP contribution < -0.4 is 4.90 Å². The molecule has 0 radical (unpaired) electrons. The summed E-state index contributed by atoms with van der Waals surface area (Å²) in [5, 5.41) is 8.84. The highest BCUT2D eigenvalue weighted by Crippen LogP contribution is 2.26. The molecule has 0 aliphatic carbocycles. The van der Waals surface area contributed by atoms with Crippen LogP contribution in [0.4, 0.5) is 5.82 Å². The molecule has 0 fully saturated rings. The Morgan fingerprint density at radius 2 is 1.70 bits per heavy atom. The van der Waals surface area contributed by atoms with Crippen LogP contribution in [-0.4, -0.2) is 16.2 Å². The molecule has 0 saturated carbocycles. The first-order valence-electron chi connectivity index (χ1n) is 6.80. The van der Waals surface area contributed by atoms with Gasteiger partial charge in [0.05, 0.1) is 0 Å². The number of aromatic nitrogens is 2. The van der Waals surface area contributed by atoms with Gasteiger partial charge in [-0.05, 0) is 44.4 Å². The van der Waals surface area contributed by atoms with Gasteiger partial charge >= 0.3 is 0 Å². The van der Waals surface area contributed by atoms with Gasteiger partial charge < -0.3 is 4.90 Å². The van der Waals surface area contributed by atoms with Crippen LogP contribution in [0.3, 0.4) is 0 Å². The molecular weight excluding hydrogens is 270 g/mol. The number of hydrogen-bond donors (Lipinski definition) is 0. The fourth-order valence-corrected chi connectivity index (χ4v) is 2.30. The summed E-state index contributed by atoms with van der Waals surface area (Å²) < 4.78 is 0. The lowest BCUT2D eigenvalue weighted by molar-refractivity contribution is 0.662. The fraction of sp³-hybridized carbons (Fsp3) is 0.375. The normalized spacial score (nSPS) is 10.9. The predicted octanol–water partition coefficient (Wildman–Crippen LogP) is 4.16. The third kappa shape index (κ3) is 3.10. The van der Waals surface area contributed by atoms with E-state index in [0.717, 1.165) is 23.5 Å². The lowest BCUT2D eigenvalue weighted by Crippen LogP contribution is -2.32. The van der Waals surface area contributed by atoms with Crippen molar-refractivity contribution in [1.82, 2.24) is 10.2 Å². The Bertz CT molecular complexity index is 582. The molecule has 0 spiro atoms. The van der Waals surface area contributed by atoms with Gasteiger partial charge in [-0.25, -0.2) is 0 Å². The Kier molecular flexibility index (Phi) is 4.61. The monoisotopic (exact) mass is 289 g/mol. The first kappa shape index (κ1) is 14.8. The van der Waals surface area contributed by atoms with Crippen LogP contribution >= 0.6 is 11.6 Å². The van der Waals surface area contributed by atoms with Gasteiger partial charge in [0.25, 0.3) is 0 Å². The molecule has 1 heterocycles. The van der Waals surface area contributed by atoms with E-state index in [0.29, 0.717) is 11.2 Å². The van der Waals surface area contributed by atoms with Crippen LogP contribution in [0.15, 0.2) is 30.3 Å². The molecule has 0 bridgehead atoms. The molecule has 0 aliphatic rings. The summed E-state index contributed by atoms with van der Waals surface area (Å²) in [5.74, 6) is 0.908. The molecule has 1 aromatic carbocycles. The topological polar surface area (TPSA) is 29.0 Å². The minimum absolute atomic E-state index is 0.337. The Labute approximate surface area is 125 Å². The first-order valence-corrected chi connectivity index (χ1v) is 7.18. The summed E-state index contributed by atoms with van der Waals surface area (Å²) in [6.07, 6.45) is 0. The molecule has 20 heavy (non-hydrogen) atoms. The zero-order valence-corrected chi connectivity index (χ0v) is 13.1. The maximum atomic E-state index is 6.04. The number of nitrogens with zero attached hydrogens (tertiary/aromatic N) is 3. The number of anilines is 1. The molecule has 0 atom stereocenters. The second kappa shape index (κ2) is 6.23. The van der Waals surface area contributed by atoms with Crippen molar-refractivity contribution >= 4 is 17.4 Å². The van der Waals surface area contributed by atoms with Crippen LogP contribution in [0.25, 0.3) is 0 Å². The Balaban J connectivity index is 2.37. The van der Waals surface area contributed by atoms with E-state index in [2.05, 4.69) is 53.2 Å². The fourth-order valence-electron chi connectivity index (χ4n) is 2.12. The van der Waals surface area contributed by atoms with E-state index in [1.165, 1.54) is 5.56 Å². The molecule has 0 aliphatic heterocycles. The molecule has 106 valence electrons. The quantitative estimate of drug-likeness (QED) is 0.846. The van der Waals surface area contributed by atoms with Gasteiger partial charge in [-0.15, -0.1) is 10.2 Å². The average Bonchev–Trinajstić information content (AvgIpc) is 2.44. The van der Waals surface area contributed by atoms with Crippen LogP contribution in [-0.2, 0) is 6.54 Å². The van der Waals surface area contributed by atoms with Gasteiger partial charge in [-0.1, -0.05) is 41.9 Å². The Hall–Kier alpha value is -1.61. The molecule has 2 aromatic rings. The largest absolute Gasteiger partial charge is 0.348 e. The van der Waals surface area contributed by atoms with Gasteiger partial charge in [-0.2, -0.15) is 0 Å². The van der Waals surface area contributed by atoms with E-state index in [1.807, 2.05) is 19.9 Å². The van der Waals surface area contributed by atoms with Gasteiger partial charge in [0, 0.05) is 12.6 Å². The second-order valence-corrected chi connectivity index (χ2v) is 5.63. The van der Waals surface area contributed by atoms with E-state index < -0.39 is 0 Å². The van der Waals surface area contributed by atoms with Gasteiger partial charge in [-0.3, -0.25) is 0 Å². The average molecular weight is 290 g/mol. The van der Waals surface area contributed by atoms with Crippen LogP contribution in [0.1, 0.15) is 30.5 Å². The molecule has 0 N–H and O–H groups in total. The van der Waals surface area contributed by atoms with Gasteiger partial charge in [0.1, 0.15) is 0 Å². The van der Waals surface area contributed by atoms with E-state index in [9.17, 15) is 0 Å². The summed E-state index contributed by atoms with van der Waals surface area (Å²) in [7, 11) is 0. The van der Waals surface area contributed by atoms with Crippen molar-refractivity contribution < 1.29 is 0 Å². The highest BCUT2D eigenvalue weighted by molar-refractivity contribution is 6.30. The van der Waals surface area contributed by atoms with Gasteiger partial charge in [0.15, 0.2) is 11.0 Å². The third-order valence-electron chi connectivity index (χ3n) is 3.53. The first-order chi connectivity index (χ1) is 9.50. The van der Waals surface area contributed by atoms with Crippen molar-refractivity contribution in [3.63, 3.8) is 0 Å². The number of halogens is 1. The molecule has 0 amide bonds. The lowest BCUT2D eigenvalue weighted by atomic mass is 10.1. The maximum absolute atomic E-state index is 6.04. The van der Waals surface area contributed by atoms with Crippen molar-refractivity contribution in [3.05, 3.63) is 52.2 Å². The van der Waals surface area contributed by atoms with E-state index in [1.54, 1.807) is 0 Å². The number of benzene rings is 1. The van der Waals surface area contributed by atoms with Crippen molar-refractivity contribution in [2.24, 2.45) is 0 Å². The minimum atomic E-state index is 0.337. The van der Waals surface area contributed by atoms with E-state index in [-0.39, 0.29) is 0 Å². The smallest absolute Gasteiger partial charge is 0.155 e. The van der Waals surface area contributed by atoms with Crippen LogP contribution in [0, 0.1) is 13.8 Å². The molecule has 1 aromatic heterocycles. The molecule has 0 unspecified atom stereocenters. The summed E-state index contributed by atoms with van der Waals surface area (Å²) >= 11 is 6.04. The predicted molar refractivity (Wildman–Crippen MR) is 84.3 cm³/mol. The zero-order chi connectivity index (χ0) is 14.7.